The molecular weight excluding hydrogens is 414 g/mol. The van der Waals surface area contributed by atoms with E-state index in [-0.39, 0.29) is 12.5 Å². The number of nitrogens with one attached hydrogen (secondary N) is 1. The highest BCUT2D eigenvalue weighted by molar-refractivity contribution is 5.90. The summed E-state index contributed by atoms with van der Waals surface area (Å²) in [6, 6.07) is 15.2. The first-order valence-electron chi connectivity index (χ1n) is 9.51. The van der Waals surface area contributed by atoms with Crippen LogP contribution in [0.15, 0.2) is 65.7 Å². The average Bonchev–Trinajstić information content (AvgIpc) is 3.35. The summed E-state index contributed by atoms with van der Waals surface area (Å²) in [6.07, 6.45) is 1.47. The van der Waals surface area contributed by atoms with Crippen LogP contribution in [0, 0.1) is 0 Å². The highest BCUT2D eigenvalue weighted by atomic mass is 16.5. The first kappa shape index (κ1) is 20.7. The van der Waals surface area contributed by atoms with Crippen molar-refractivity contribution in [2.75, 3.05) is 19.5 Å². The number of rotatable bonds is 7. The minimum Gasteiger partial charge on any atom is -0.493 e. The Morgan fingerprint density at radius 3 is 2.47 bits per heavy atom. The standard InChI is InChI=1S/C21H19N7O4/c1-31-18-9-3-14(11-19(18)32-2)17-8-10-21(30)27(24-17)12-20(29)23-15-4-6-16(7-5-15)28-13-22-25-26-28/h3-11,13H,12H2,1-2H3,(H,23,29). The van der Waals surface area contributed by atoms with Crippen LogP contribution in [-0.2, 0) is 11.3 Å². The van der Waals surface area contributed by atoms with Crippen LogP contribution in [-0.4, -0.2) is 50.1 Å². The molecule has 0 saturated heterocycles. The molecule has 0 fully saturated rings. The van der Waals surface area contributed by atoms with E-state index in [1.807, 2.05) is 0 Å². The zero-order chi connectivity index (χ0) is 22.5. The molecule has 1 N–H and O–H groups in total. The maximum absolute atomic E-state index is 12.5. The Morgan fingerprint density at radius 2 is 1.78 bits per heavy atom. The molecule has 0 aliphatic heterocycles. The first-order chi connectivity index (χ1) is 15.6. The van der Waals surface area contributed by atoms with Gasteiger partial charge in [-0.2, -0.15) is 5.10 Å². The van der Waals surface area contributed by atoms with Gasteiger partial charge in [-0.3, -0.25) is 9.59 Å². The lowest BCUT2D eigenvalue weighted by Crippen LogP contribution is -2.29. The van der Waals surface area contributed by atoms with Crippen molar-refractivity contribution in [2.45, 2.75) is 6.54 Å². The van der Waals surface area contributed by atoms with E-state index in [2.05, 4.69) is 25.9 Å². The normalized spacial score (nSPS) is 10.6. The summed E-state index contributed by atoms with van der Waals surface area (Å²) < 4.78 is 13.2. The Balaban J connectivity index is 1.49. The maximum atomic E-state index is 12.5. The molecule has 11 heteroatoms. The second-order valence-corrected chi connectivity index (χ2v) is 6.63. The summed E-state index contributed by atoms with van der Waals surface area (Å²) in [5.41, 5.74) is 2.15. The molecule has 0 unspecified atom stereocenters. The predicted octanol–water partition coefficient (Wildman–Crippen LogP) is 1.54. The van der Waals surface area contributed by atoms with Crippen LogP contribution in [0.5, 0.6) is 11.5 Å². The Kier molecular flexibility index (Phi) is 5.88. The Morgan fingerprint density at radius 1 is 1.00 bits per heavy atom. The van der Waals surface area contributed by atoms with Gasteiger partial charge in [0.1, 0.15) is 12.9 Å². The molecule has 0 bridgehead atoms. The molecule has 0 atom stereocenters. The van der Waals surface area contributed by atoms with Crippen LogP contribution in [0.3, 0.4) is 0 Å². The number of carbonyl (C=O) groups is 1. The lowest BCUT2D eigenvalue weighted by Gasteiger charge is -2.11. The molecule has 2 aromatic heterocycles. The largest absolute Gasteiger partial charge is 0.493 e. The van der Waals surface area contributed by atoms with E-state index in [1.165, 1.54) is 24.2 Å². The number of carbonyl (C=O) groups excluding carboxylic acids is 1. The molecule has 0 radical (unpaired) electrons. The molecule has 0 spiro atoms. The third-order valence-corrected chi connectivity index (χ3v) is 4.60. The Hall–Kier alpha value is -4.54. The van der Waals surface area contributed by atoms with Crippen LogP contribution in [0.25, 0.3) is 16.9 Å². The van der Waals surface area contributed by atoms with Gasteiger partial charge in [0.05, 0.1) is 25.6 Å². The Bertz CT molecular complexity index is 1280. The molecular formula is C21H19N7O4. The molecule has 0 aliphatic rings. The number of benzene rings is 2. The fourth-order valence-corrected chi connectivity index (χ4v) is 3.03. The highest BCUT2D eigenvalue weighted by Gasteiger charge is 2.11. The summed E-state index contributed by atoms with van der Waals surface area (Å²) in [7, 11) is 3.09. The van der Waals surface area contributed by atoms with Crippen molar-refractivity contribution in [2.24, 2.45) is 0 Å². The molecule has 162 valence electrons. The van der Waals surface area contributed by atoms with Gasteiger partial charge >= 0.3 is 0 Å². The number of amides is 1. The summed E-state index contributed by atoms with van der Waals surface area (Å²) in [5.74, 6) is 0.724. The lowest BCUT2D eigenvalue weighted by atomic mass is 10.1. The van der Waals surface area contributed by atoms with Gasteiger partial charge in [0.25, 0.3) is 5.56 Å². The molecule has 4 rings (SSSR count). The van der Waals surface area contributed by atoms with Gasteiger partial charge in [0.2, 0.25) is 5.91 Å². The van der Waals surface area contributed by atoms with Gasteiger partial charge in [-0.05, 0) is 59.0 Å². The number of methoxy groups -OCH3 is 2. The smallest absolute Gasteiger partial charge is 0.267 e. The second kappa shape index (κ2) is 9.08. The molecule has 11 nitrogen and oxygen atoms in total. The van der Waals surface area contributed by atoms with Crippen molar-refractivity contribution < 1.29 is 14.3 Å². The van der Waals surface area contributed by atoms with Crippen molar-refractivity contribution >= 4 is 11.6 Å². The molecule has 2 aromatic carbocycles. The number of aromatic nitrogens is 6. The van der Waals surface area contributed by atoms with E-state index in [0.29, 0.717) is 22.9 Å². The third-order valence-electron chi connectivity index (χ3n) is 4.60. The van der Waals surface area contributed by atoms with Crippen molar-refractivity contribution in [3.05, 3.63) is 71.3 Å². The summed E-state index contributed by atoms with van der Waals surface area (Å²) in [4.78, 5) is 24.7. The van der Waals surface area contributed by atoms with Crippen molar-refractivity contribution in [3.63, 3.8) is 0 Å². The summed E-state index contributed by atoms with van der Waals surface area (Å²) in [6.45, 7) is -0.241. The summed E-state index contributed by atoms with van der Waals surface area (Å²) >= 11 is 0. The van der Waals surface area contributed by atoms with E-state index in [9.17, 15) is 9.59 Å². The number of nitrogens with zero attached hydrogens (tertiary/aromatic N) is 6. The quantitative estimate of drug-likeness (QED) is 0.465. The van der Waals surface area contributed by atoms with Gasteiger partial charge in [-0.15, -0.1) is 5.10 Å². The minimum atomic E-state index is -0.390. The molecule has 0 aliphatic carbocycles. The van der Waals surface area contributed by atoms with Crippen LogP contribution < -0.4 is 20.3 Å². The van der Waals surface area contributed by atoms with Gasteiger partial charge in [-0.25, -0.2) is 9.36 Å². The van der Waals surface area contributed by atoms with E-state index in [4.69, 9.17) is 9.47 Å². The van der Waals surface area contributed by atoms with Crippen LogP contribution in [0.4, 0.5) is 5.69 Å². The highest BCUT2D eigenvalue weighted by Crippen LogP contribution is 2.31. The monoisotopic (exact) mass is 433 g/mol. The molecule has 32 heavy (non-hydrogen) atoms. The van der Waals surface area contributed by atoms with Crippen LogP contribution in [0.1, 0.15) is 0 Å². The van der Waals surface area contributed by atoms with E-state index in [0.717, 1.165) is 15.9 Å². The zero-order valence-corrected chi connectivity index (χ0v) is 17.3. The molecule has 4 aromatic rings. The number of anilines is 1. The van der Waals surface area contributed by atoms with Gasteiger partial charge in [0.15, 0.2) is 11.5 Å². The molecule has 0 saturated carbocycles. The summed E-state index contributed by atoms with van der Waals surface area (Å²) in [5, 5.41) is 18.0. The maximum Gasteiger partial charge on any atom is 0.267 e. The van der Waals surface area contributed by atoms with Crippen molar-refractivity contribution in [1.29, 1.82) is 0 Å². The Labute approximate surface area is 182 Å². The number of ether oxygens (including phenoxy) is 2. The SMILES string of the molecule is COc1ccc(-c2ccc(=O)n(CC(=O)Nc3ccc(-n4cnnn4)cc3)n2)cc1OC. The number of hydrogen-bond donors (Lipinski definition) is 1. The fraction of sp³-hybridized carbons (Fsp3) is 0.143. The van der Waals surface area contributed by atoms with Gasteiger partial charge in [0, 0.05) is 17.3 Å². The fourth-order valence-electron chi connectivity index (χ4n) is 3.03. The third kappa shape index (κ3) is 4.46. The van der Waals surface area contributed by atoms with E-state index < -0.39 is 5.56 Å². The van der Waals surface area contributed by atoms with Gasteiger partial charge < -0.3 is 14.8 Å². The lowest BCUT2D eigenvalue weighted by molar-refractivity contribution is -0.117. The van der Waals surface area contributed by atoms with Gasteiger partial charge in [-0.1, -0.05) is 0 Å². The zero-order valence-electron chi connectivity index (χ0n) is 17.3. The molecule has 2 heterocycles. The van der Waals surface area contributed by atoms with E-state index >= 15 is 0 Å². The first-order valence-corrected chi connectivity index (χ1v) is 9.51. The van der Waals surface area contributed by atoms with Crippen LogP contribution >= 0.6 is 0 Å². The minimum absolute atomic E-state index is 0.241. The van der Waals surface area contributed by atoms with Crippen molar-refractivity contribution in [3.8, 4) is 28.4 Å². The van der Waals surface area contributed by atoms with Crippen molar-refractivity contribution in [1.82, 2.24) is 30.0 Å². The predicted molar refractivity (Wildman–Crippen MR) is 115 cm³/mol. The number of hydrogen-bond acceptors (Lipinski definition) is 8. The topological polar surface area (TPSA) is 126 Å². The van der Waals surface area contributed by atoms with Crippen LogP contribution in [0.2, 0.25) is 0 Å². The average molecular weight is 433 g/mol. The molecule has 1 amide bonds. The van der Waals surface area contributed by atoms with E-state index in [1.54, 1.807) is 55.6 Å². The number of tetrazole rings is 1. The second-order valence-electron chi connectivity index (χ2n) is 6.63.